The number of aryl methyl sites for hydroxylation is 1. The number of piperidine rings is 1. The van der Waals surface area contributed by atoms with Gasteiger partial charge in [0.1, 0.15) is 0 Å². The smallest absolute Gasteiger partial charge is 0.247 e. The first-order valence-corrected chi connectivity index (χ1v) is 7.85. The summed E-state index contributed by atoms with van der Waals surface area (Å²) in [5, 5.41) is 0. The molecule has 21 heavy (non-hydrogen) atoms. The molecule has 2 N–H and O–H groups in total. The van der Waals surface area contributed by atoms with E-state index in [2.05, 4.69) is 45.0 Å². The maximum Gasteiger partial charge on any atom is 0.247 e. The van der Waals surface area contributed by atoms with E-state index < -0.39 is 0 Å². The van der Waals surface area contributed by atoms with Crippen molar-refractivity contribution < 1.29 is 4.79 Å². The summed E-state index contributed by atoms with van der Waals surface area (Å²) < 4.78 is 0. The third-order valence-corrected chi connectivity index (χ3v) is 4.30. The van der Waals surface area contributed by atoms with Crippen LogP contribution in [-0.4, -0.2) is 29.4 Å². The van der Waals surface area contributed by atoms with E-state index in [1.165, 1.54) is 5.56 Å². The summed E-state index contributed by atoms with van der Waals surface area (Å²) in [6, 6.07) is 8.82. The molecule has 0 spiro atoms. The molecule has 2 atom stereocenters. The molecule has 0 saturated carbocycles. The third kappa shape index (κ3) is 3.94. The Morgan fingerprint density at radius 2 is 2.05 bits per heavy atom. The van der Waals surface area contributed by atoms with Crippen LogP contribution in [0, 0.1) is 6.92 Å². The van der Waals surface area contributed by atoms with Crippen molar-refractivity contribution in [2.75, 3.05) is 6.54 Å². The highest BCUT2D eigenvalue weighted by Gasteiger charge is 2.26. The summed E-state index contributed by atoms with van der Waals surface area (Å²) in [6.07, 6.45) is 4.45. The summed E-state index contributed by atoms with van der Waals surface area (Å²) in [5.74, 6) is 0.117. The maximum atomic E-state index is 12.5. The van der Waals surface area contributed by atoms with E-state index in [4.69, 9.17) is 5.73 Å². The molecule has 2 unspecified atom stereocenters. The topological polar surface area (TPSA) is 46.3 Å². The van der Waals surface area contributed by atoms with Crippen molar-refractivity contribution in [3.05, 3.63) is 41.5 Å². The molecule has 1 heterocycles. The average molecular weight is 286 g/mol. The molecule has 0 bridgehead atoms. The number of likely N-dealkylation sites (tertiary alicyclic amines) is 1. The molecule has 0 radical (unpaired) electrons. The van der Waals surface area contributed by atoms with E-state index in [1.807, 2.05) is 4.90 Å². The number of hydrogen-bond donors (Lipinski definition) is 1. The minimum atomic E-state index is 0.117. The summed E-state index contributed by atoms with van der Waals surface area (Å²) in [7, 11) is 0. The van der Waals surface area contributed by atoms with Crippen molar-refractivity contribution in [2.45, 2.75) is 52.1 Å². The van der Waals surface area contributed by atoms with Crippen molar-refractivity contribution in [3.63, 3.8) is 0 Å². The zero-order valence-corrected chi connectivity index (χ0v) is 13.3. The fourth-order valence-corrected chi connectivity index (χ4v) is 2.93. The Balaban J connectivity index is 2.15. The van der Waals surface area contributed by atoms with Gasteiger partial charge in [-0.05, 0) is 44.2 Å². The Hall–Kier alpha value is -1.61. The quantitative estimate of drug-likeness (QED) is 0.868. The Kier molecular flexibility index (Phi) is 5.18. The third-order valence-electron chi connectivity index (χ3n) is 4.30. The van der Waals surface area contributed by atoms with E-state index in [0.29, 0.717) is 0 Å². The molecule has 3 nitrogen and oxygen atoms in total. The van der Waals surface area contributed by atoms with E-state index in [1.54, 1.807) is 6.08 Å². The normalized spacial score (nSPS) is 23.2. The predicted octanol–water partition coefficient (Wildman–Crippen LogP) is 3.13. The summed E-state index contributed by atoms with van der Waals surface area (Å²) in [4.78, 5) is 14.5. The van der Waals surface area contributed by atoms with Gasteiger partial charge in [-0.1, -0.05) is 36.8 Å². The molecule has 1 aromatic carbocycles. The lowest BCUT2D eigenvalue weighted by Crippen LogP contribution is -2.47. The zero-order valence-electron chi connectivity index (χ0n) is 13.3. The van der Waals surface area contributed by atoms with Crippen LogP contribution in [0.3, 0.4) is 0 Å². The number of nitrogens with zero attached hydrogens (tertiary/aromatic N) is 1. The van der Waals surface area contributed by atoms with Gasteiger partial charge in [0.25, 0.3) is 0 Å². The van der Waals surface area contributed by atoms with Crippen LogP contribution in [0.4, 0.5) is 0 Å². The van der Waals surface area contributed by atoms with E-state index >= 15 is 0 Å². The molecule has 2 rings (SSSR count). The second-order valence-electron chi connectivity index (χ2n) is 6.05. The first kappa shape index (κ1) is 15.8. The molecule has 114 valence electrons. The second-order valence-corrected chi connectivity index (χ2v) is 6.05. The average Bonchev–Trinajstić information content (AvgIpc) is 2.45. The number of carbonyl (C=O) groups excluding carboxylic acids is 1. The fraction of sp³-hybridized carbons (Fsp3) is 0.500. The minimum Gasteiger partial charge on any atom is -0.336 e. The number of allylic oxidation sites excluding steroid dienone is 1. The van der Waals surface area contributed by atoms with Crippen LogP contribution in [0.5, 0.6) is 0 Å². The van der Waals surface area contributed by atoms with Crippen LogP contribution in [0.15, 0.2) is 30.3 Å². The lowest BCUT2D eigenvalue weighted by atomic mass is 9.97. The molecule has 1 fully saturated rings. The molecule has 0 aromatic heterocycles. The predicted molar refractivity (Wildman–Crippen MR) is 87.8 cm³/mol. The molecular weight excluding hydrogens is 260 g/mol. The maximum absolute atomic E-state index is 12.5. The van der Waals surface area contributed by atoms with Gasteiger partial charge in [-0.25, -0.2) is 0 Å². The number of benzene rings is 1. The largest absolute Gasteiger partial charge is 0.336 e. The second kappa shape index (κ2) is 6.90. The van der Waals surface area contributed by atoms with Crippen molar-refractivity contribution in [1.82, 2.24) is 4.90 Å². The van der Waals surface area contributed by atoms with Gasteiger partial charge < -0.3 is 10.6 Å². The molecular formula is C18H26N2O. The lowest BCUT2D eigenvalue weighted by Gasteiger charge is -2.35. The van der Waals surface area contributed by atoms with Gasteiger partial charge in [0.05, 0.1) is 0 Å². The number of amides is 1. The Labute approximate surface area is 127 Å². The fourth-order valence-electron chi connectivity index (χ4n) is 2.93. The van der Waals surface area contributed by atoms with Crippen LogP contribution in [0.25, 0.3) is 5.57 Å². The highest BCUT2D eigenvalue weighted by Crippen LogP contribution is 2.21. The lowest BCUT2D eigenvalue weighted by molar-refractivity contribution is -0.129. The van der Waals surface area contributed by atoms with Crippen LogP contribution < -0.4 is 5.73 Å². The summed E-state index contributed by atoms with van der Waals surface area (Å²) in [6.45, 7) is 7.02. The monoisotopic (exact) mass is 286 g/mol. The summed E-state index contributed by atoms with van der Waals surface area (Å²) in [5.41, 5.74) is 9.44. The van der Waals surface area contributed by atoms with Gasteiger partial charge in [0, 0.05) is 24.7 Å². The Bertz CT molecular complexity index is 519. The van der Waals surface area contributed by atoms with Crippen molar-refractivity contribution in [3.8, 4) is 0 Å². The van der Waals surface area contributed by atoms with Gasteiger partial charge in [-0.15, -0.1) is 0 Å². The zero-order chi connectivity index (χ0) is 15.4. The molecule has 1 aliphatic heterocycles. The molecule has 1 aromatic rings. The molecule has 1 aliphatic rings. The van der Waals surface area contributed by atoms with Gasteiger partial charge in [0.15, 0.2) is 0 Å². The highest BCUT2D eigenvalue weighted by molar-refractivity contribution is 5.95. The van der Waals surface area contributed by atoms with Crippen LogP contribution in [0.2, 0.25) is 0 Å². The number of nitrogens with two attached hydrogens (primary N) is 1. The number of rotatable bonds is 3. The van der Waals surface area contributed by atoms with Crippen LogP contribution >= 0.6 is 0 Å². The Morgan fingerprint density at radius 1 is 1.38 bits per heavy atom. The van der Waals surface area contributed by atoms with Crippen molar-refractivity contribution in [1.29, 1.82) is 0 Å². The van der Waals surface area contributed by atoms with Crippen molar-refractivity contribution >= 4 is 11.5 Å². The van der Waals surface area contributed by atoms with Gasteiger partial charge >= 0.3 is 0 Å². The highest BCUT2D eigenvalue weighted by atomic mass is 16.2. The molecule has 3 heteroatoms. The first-order chi connectivity index (χ1) is 10.0. The van der Waals surface area contributed by atoms with Gasteiger partial charge in [-0.2, -0.15) is 0 Å². The Morgan fingerprint density at radius 3 is 2.62 bits per heavy atom. The van der Waals surface area contributed by atoms with Crippen molar-refractivity contribution in [2.24, 2.45) is 5.73 Å². The number of hydrogen-bond acceptors (Lipinski definition) is 2. The standard InChI is InChI=1S/C18H26N2O/c1-4-15(16-7-5-13(2)6-8-16)12-18(21)20-10-9-17(19)11-14(20)3/h5-8,12,14,17H,4,9-11,19H2,1-3H3/b15-12-. The summed E-state index contributed by atoms with van der Waals surface area (Å²) >= 11 is 0. The van der Waals surface area contributed by atoms with Gasteiger partial charge in [0.2, 0.25) is 5.91 Å². The molecule has 1 saturated heterocycles. The molecule has 0 aliphatic carbocycles. The SMILES string of the molecule is CC/C(=C/C(=O)N1CCC(N)CC1C)c1ccc(C)cc1. The van der Waals surface area contributed by atoms with E-state index in [9.17, 15) is 4.79 Å². The van der Waals surface area contributed by atoms with E-state index in [0.717, 1.165) is 36.9 Å². The van der Waals surface area contributed by atoms with E-state index in [-0.39, 0.29) is 18.0 Å². The first-order valence-electron chi connectivity index (χ1n) is 7.85. The van der Waals surface area contributed by atoms with Crippen LogP contribution in [0.1, 0.15) is 44.2 Å². The van der Waals surface area contributed by atoms with Gasteiger partial charge in [-0.3, -0.25) is 4.79 Å². The minimum absolute atomic E-state index is 0.117. The molecule has 1 amide bonds. The number of carbonyl (C=O) groups is 1. The van der Waals surface area contributed by atoms with Crippen LogP contribution in [-0.2, 0) is 4.79 Å².